The van der Waals surface area contributed by atoms with E-state index in [4.69, 9.17) is 14.2 Å². The standard InChI is InChI=1S/C26H33NO7/c1-15-7-5-9-17-23(15,2)20(29)21(30)25(4)24(17,3)18(11-26(34-25)12-19(28)32-14-26)33-22(31)16-8-6-10-27-13-16/h6-8,10,13,17-18,20-21,29-30H,5,9,11-12,14H2,1-4H3/t17-,18-,20-,21-,23-,24-,25-,26-/m0/s1. The summed E-state index contributed by atoms with van der Waals surface area (Å²) < 4.78 is 18.1. The maximum atomic E-state index is 13.2. The molecule has 2 aliphatic heterocycles. The SMILES string of the molecule is CC1=CCC[C@H]2[C@@]1(C)[C@@H](O)[C@H](O)[C@]1(C)O[C@@]3(COC(=O)C3)C[C@H](OC(=O)c3cccnc3)[C@]21C. The lowest BCUT2D eigenvalue weighted by atomic mass is 9.41. The second-order valence-electron chi connectivity index (χ2n) is 11.0. The summed E-state index contributed by atoms with van der Waals surface area (Å²) in [6.07, 6.45) is 3.93. The smallest absolute Gasteiger partial charge is 0.339 e. The van der Waals surface area contributed by atoms with Crippen LogP contribution in [0.1, 0.15) is 63.7 Å². The van der Waals surface area contributed by atoms with Gasteiger partial charge in [0, 0.05) is 29.6 Å². The molecule has 0 amide bonds. The summed E-state index contributed by atoms with van der Waals surface area (Å²) in [7, 11) is 0. The van der Waals surface area contributed by atoms with Crippen molar-refractivity contribution in [2.75, 3.05) is 6.61 Å². The fraction of sp³-hybridized carbons (Fsp3) is 0.654. The lowest BCUT2D eigenvalue weighted by molar-refractivity contribution is -0.362. The number of esters is 2. The normalized spacial score (nSPS) is 45.7. The zero-order valence-electron chi connectivity index (χ0n) is 20.1. The number of allylic oxidation sites excluding steroid dienone is 1. The topological polar surface area (TPSA) is 115 Å². The molecule has 0 unspecified atom stereocenters. The number of cyclic esters (lactones) is 1. The third kappa shape index (κ3) is 2.98. The molecular formula is C26H33NO7. The van der Waals surface area contributed by atoms with Gasteiger partial charge in [0.1, 0.15) is 30.0 Å². The number of aliphatic hydroxyl groups is 2. The summed E-state index contributed by atoms with van der Waals surface area (Å²) in [4.78, 5) is 29.4. The van der Waals surface area contributed by atoms with Gasteiger partial charge in [0.25, 0.3) is 0 Å². The Kier molecular flexibility index (Phi) is 5.24. The van der Waals surface area contributed by atoms with Crippen LogP contribution in [0.5, 0.6) is 0 Å². The largest absolute Gasteiger partial charge is 0.462 e. The molecular weight excluding hydrogens is 438 g/mol. The van der Waals surface area contributed by atoms with Gasteiger partial charge in [0.15, 0.2) is 0 Å². The second kappa shape index (κ2) is 7.60. The highest BCUT2D eigenvalue weighted by molar-refractivity contribution is 5.89. The van der Waals surface area contributed by atoms with E-state index in [9.17, 15) is 19.8 Å². The first kappa shape index (κ1) is 23.5. The lowest BCUT2D eigenvalue weighted by Crippen LogP contribution is -2.79. The minimum atomic E-state index is -1.29. The Labute approximate surface area is 199 Å². The first-order chi connectivity index (χ1) is 16.0. The Bertz CT molecular complexity index is 1040. The molecule has 0 radical (unpaired) electrons. The number of hydrogen-bond donors (Lipinski definition) is 2. The molecule has 2 saturated heterocycles. The molecule has 8 heteroatoms. The molecule has 4 aliphatic rings. The van der Waals surface area contributed by atoms with Crippen molar-refractivity contribution in [1.82, 2.24) is 4.98 Å². The quantitative estimate of drug-likeness (QED) is 0.500. The van der Waals surface area contributed by atoms with Crippen LogP contribution in [0.3, 0.4) is 0 Å². The van der Waals surface area contributed by atoms with Crippen molar-refractivity contribution < 1.29 is 34.0 Å². The molecule has 34 heavy (non-hydrogen) atoms. The molecule has 1 spiro atoms. The van der Waals surface area contributed by atoms with Gasteiger partial charge in [-0.15, -0.1) is 0 Å². The van der Waals surface area contributed by atoms with E-state index >= 15 is 0 Å². The number of rotatable bonds is 2. The van der Waals surface area contributed by atoms with Crippen molar-refractivity contribution >= 4 is 11.9 Å². The number of aromatic nitrogens is 1. The van der Waals surface area contributed by atoms with Crippen LogP contribution in [0.2, 0.25) is 0 Å². The maximum Gasteiger partial charge on any atom is 0.339 e. The number of carbonyl (C=O) groups excluding carboxylic acids is 2. The summed E-state index contributed by atoms with van der Waals surface area (Å²) in [5.74, 6) is -1.05. The summed E-state index contributed by atoms with van der Waals surface area (Å²) in [5, 5.41) is 23.1. The van der Waals surface area contributed by atoms with Crippen molar-refractivity contribution in [3.8, 4) is 0 Å². The molecule has 1 aromatic rings. The summed E-state index contributed by atoms with van der Waals surface area (Å²) in [5.41, 5.74) is -2.58. The molecule has 1 aromatic heterocycles. The Balaban J connectivity index is 1.64. The van der Waals surface area contributed by atoms with Gasteiger partial charge in [-0.05, 0) is 44.7 Å². The highest BCUT2D eigenvalue weighted by Gasteiger charge is 2.75. The molecule has 3 heterocycles. The predicted molar refractivity (Wildman–Crippen MR) is 121 cm³/mol. The Morgan fingerprint density at radius 2 is 2.00 bits per heavy atom. The predicted octanol–water partition coefficient (Wildman–Crippen LogP) is 2.58. The van der Waals surface area contributed by atoms with E-state index in [-0.39, 0.29) is 25.4 Å². The van der Waals surface area contributed by atoms with Gasteiger partial charge >= 0.3 is 11.9 Å². The second-order valence-corrected chi connectivity index (χ2v) is 11.0. The Morgan fingerprint density at radius 1 is 1.24 bits per heavy atom. The van der Waals surface area contributed by atoms with E-state index in [1.54, 1.807) is 25.3 Å². The highest BCUT2D eigenvalue weighted by Crippen LogP contribution is 2.67. The van der Waals surface area contributed by atoms with E-state index in [1.165, 1.54) is 6.20 Å². The number of aliphatic hydroxyl groups excluding tert-OH is 2. The van der Waals surface area contributed by atoms with Gasteiger partial charge in [-0.2, -0.15) is 0 Å². The van der Waals surface area contributed by atoms with Crippen LogP contribution in [0.25, 0.3) is 0 Å². The van der Waals surface area contributed by atoms with Gasteiger partial charge in [-0.3, -0.25) is 9.78 Å². The molecule has 0 bridgehead atoms. The number of nitrogens with zero attached hydrogens (tertiary/aromatic N) is 1. The van der Waals surface area contributed by atoms with Crippen molar-refractivity contribution in [3.63, 3.8) is 0 Å². The molecule has 184 valence electrons. The van der Waals surface area contributed by atoms with Crippen LogP contribution >= 0.6 is 0 Å². The van der Waals surface area contributed by atoms with E-state index in [1.807, 2.05) is 20.8 Å². The summed E-state index contributed by atoms with van der Waals surface area (Å²) >= 11 is 0. The number of hydrogen-bond acceptors (Lipinski definition) is 8. The summed E-state index contributed by atoms with van der Waals surface area (Å²) in [6.45, 7) is 7.76. The zero-order chi connectivity index (χ0) is 24.5. The van der Waals surface area contributed by atoms with E-state index in [0.29, 0.717) is 5.56 Å². The number of pyridine rings is 1. The molecule has 3 fully saturated rings. The van der Waals surface area contributed by atoms with Crippen molar-refractivity contribution in [2.24, 2.45) is 16.7 Å². The highest BCUT2D eigenvalue weighted by atomic mass is 16.6. The summed E-state index contributed by atoms with van der Waals surface area (Å²) in [6, 6.07) is 3.32. The number of fused-ring (bicyclic) bond motifs is 3. The Hall–Kier alpha value is -2.29. The van der Waals surface area contributed by atoms with Crippen LogP contribution in [-0.2, 0) is 19.0 Å². The molecule has 1 saturated carbocycles. The fourth-order valence-corrected chi connectivity index (χ4v) is 7.29. The fourth-order valence-electron chi connectivity index (χ4n) is 7.29. The average molecular weight is 472 g/mol. The number of carbonyl (C=O) groups is 2. The van der Waals surface area contributed by atoms with Gasteiger partial charge in [0.2, 0.25) is 0 Å². The van der Waals surface area contributed by atoms with Crippen molar-refractivity contribution in [3.05, 3.63) is 41.7 Å². The van der Waals surface area contributed by atoms with Gasteiger partial charge in [-0.25, -0.2) is 4.79 Å². The van der Waals surface area contributed by atoms with E-state index in [0.717, 1.165) is 18.4 Å². The first-order valence-electron chi connectivity index (χ1n) is 12.0. The van der Waals surface area contributed by atoms with Crippen LogP contribution in [-0.4, -0.2) is 63.3 Å². The molecule has 2 aliphatic carbocycles. The molecule has 5 rings (SSSR count). The van der Waals surface area contributed by atoms with Gasteiger partial charge < -0.3 is 24.4 Å². The maximum absolute atomic E-state index is 13.2. The van der Waals surface area contributed by atoms with Crippen LogP contribution in [0.15, 0.2) is 36.2 Å². The monoisotopic (exact) mass is 471 g/mol. The van der Waals surface area contributed by atoms with Crippen molar-refractivity contribution in [2.45, 2.75) is 82.9 Å². The Morgan fingerprint density at radius 3 is 2.65 bits per heavy atom. The molecule has 8 nitrogen and oxygen atoms in total. The van der Waals surface area contributed by atoms with Gasteiger partial charge in [0.05, 0.1) is 18.1 Å². The van der Waals surface area contributed by atoms with Gasteiger partial charge in [-0.1, -0.05) is 25.5 Å². The third-order valence-electron chi connectivity index (χ3n) is 9.51. The zero-order valence-corrected chi connectivity index (χ0v) is 20.1. The first-order valence-corrected chi connectivity index (χ1v) is 12.0. The van der Waals surface area contributed by atoms with Crippen LogP contribution < -0.4 is 0 Å². The molecule has 0 aromatic carbocycles. The molecule has 8 atom stereocenters. The average Bonchev–Trinajstić information content (AvgIpc) is 3.17. The minimum Gasteiger partial charge on any atom is -0.462 e. The van der Waals surface area contributed by atoms with Crippen molar-refractivity contribution in [1.29, 1.82) is 0 Å². The van der Waals surface area contributed by atoms with E-state index in [2.05, 4.69) is 11.1 Å². The molecule has 2 N–H and O–H groups in total. The minimum absolute atomic E-state index is 0.00327. The van der Waals surface area contributed by atoms with Crippen LogP contribution in [0, 0.1) is 16.7 Å². The lowest BCUT2D eigenvalue weighted by Gasteiger charge is -2.70. The number of ether oxygens (including phenoxy) is 3. The van der Waals surface area contributed by atoms with E-state index < -0.39 is 52.3 Å². The third-order valence-corrected chi connectivity index (χ3v) is 9.51. The van der Waals surface area contributed by atoms with Crippen LogP contribution in [0.4, 0.5) is 0 Å².